The fraction of sp³-hybridized carbons (Fsp3) is 0.310. The molecule has 3 N–H and O–H groups in total. The van der Waals surface area contributed by atoms with Crippen molar-refractivity contribution < 1.29 is 9.90 Å². The lowest BCUT2D eigenvalue weighted by Crippen LogP contribution is -2.24. The smallest absolute Gasteiger partial charge is 0.337 e. The Morgan fingerprint density at radius 1 is 1.00 bits per heavy atom. The Kier molecular flexibility index (Phi) is 6.45. The summed E-state index contributed by atoms with van der Waals surface area (Å²) < 4.78 is 0. The summed E-state index contributed by atoms with van der Waals surface area (Å²) in [5.74, 6) is 0.551. The summed E-state index contributed by atoms with van der Waals surface area (Å²) in [6.07, 6.45) is 6.84. The molecule has 0 saturated heterocycles. The fourth-order valence-electron chi connectivity index (χ4n) is 5.17. The first-order chi connectivity index (χ1) is 16.6. The third-order valence-corrected chi connectivity index (χ3v) is 6.96. The van der Waals surface area contributed by atoms with Gasteiger partial charge in [0.15, 0.2) is 0 Å². The minimum Gasteiger partial charge on any atom is -0.478 e. The van der Waals surface area contributed by atoms with Gasteiger partial charge in [-0.2, -0.15) is 0 Å². The number of aryl methyl sites for hydroxylation is 1. The van der Waals surface area contributed by atoms with Crippen molar-refractivity contribution in [3.63, 3.8) is 0 Å². The van der Waals surface area contributed by atoms with E-state index < -0.39 is 5.97 Å². The van der Waals surface area contributed by atoms with Gasteiger partial charge in [0.25, 0.3) is 0 Å². The van der Waals surface area contributed by atoms with Crippen LogP contribution in [0.5, 0.6) is 0 Å². The summed E-state index contributed by atoms with van der Waals surface area (Å²) in [5.41, 5.74) is 7.00. The molecule has 0 spiro atoms. The number of rotatable bonds is 7. The van der Waals surface area contributed by atoms with Crippen LogP contribution in [-0.4, -0.2) is 27.6 Å². The number of hydrogen-bond acceptors (Lipinski definition) is 3. The molecule has 0 radical (unpaired) electrons. The van der Waals surface area contributed by atoms with E-state index in [1.807, 2.05) is 13.0 Å². The van der Waals surface area contributed by atoms with E-state index >= 15 is 0 Å². The van der Waals surface area contributed by atoms with Crippen molar-refractivity contribution in [2.24, 2.45) is 5.92 Å². The fourth-order valence-corrected chi connectivity index (χ4v) is 5.17. The van der Waals surface area contributed by atoms with Crippen molar-refractivity contribution >= 4 is 17.0 Å². The summed E-state index contributed by atoms with van der Waals surface area (Å²) in [7, 11) is 0. The number of carboxylic acids is 1. The molecule has 4 aromatic rings. The number of carbonyl (C=O) groups is 1. The molecule has 5 rings (SSSR count). The van der Waals surface area contributed by atoms with Crippen LogP contribution >= 0.6 is 0 Å². The van der Waals surface area contributed by atoms with E-state index in [2.05, 4.69) is 63.8 Å². The number of carboxylic acid groups (broad SMARTS) is 1. The van der Waals surface area contributed by atoms with Crippen LogP contribution in [0.2, 0.25) is 0 Å². The molecule has 1 aliphatic rings. The van der Waals surface area contributed by atoms with Crippen LogP contribution < -0.4 is 5.32 Å². The third kappa shape index (κ3) is 4.75. The highest BCUT2D eigenvalue weighted by Gasteiger charge is 2.16. The lowest BCUT2D eigenvalue weighted by atomic mass is 9.89. The topological polar surface area (TPSA) is 78.0 Å². The highest BCUT2D eigenvalue weighted by Crippen LogP contribution is 2.30. The highest BCUT2D eigenvalue weighted by molar-refractivity contribution is 6.03. The van der Waals surface area contributed by atoms with Gasteiger partial charge in [-0.3, -0.25) is 0 Å². The maximum Gasteiger partial charge on any atom is 0.337 e. The standard InChI is InChI=1S/C29H31N3O2/c1-19-31-27-16-24(15-26(29(33)34)28(27)32-19)21-11-13-22(14-12-21)25-10-6-5-9-23(25)18-30-17-20-7-3-2-4-8-20/h5-6,9-16,20,30H,2-4,7-8,17-18H2,1H3,(H,31,32)(H,33,34). The predicted molar refractivity (Wildman–Crippen MR) is 137 cm³/mol. The van der Waals surface area contributed by atoms with Gasteiger partial charge in [-0.25, -0.2) is 9.78 Å². The minimum absolute atomic E-state index is 0.218. The van der Waals surface area contributed by atoms with Gasteiger partial charge in [-0.1, -0.05) is 67.8 Å². The number of fused-ring (bicyclic) bond motifs is 1. The van der Waals surface area contributed by atoms with Crippen LogP contribution in [0.3, 0.4) is 0 Å². The molecule has 0 aliphatic heterocycles. The second kappa shape index (κ2) is 9.82. The monoisotopic (exact) mass is 453 g/mol. The number of H-pyrrole nitrogens is 1. The molecule has 174 valence electrons. The molecular formula is C29H31N3O2. The Hall–Kier alpha value is -3.44. The van der Waals surface area contributed by atoms with Crippen LogP contribution in [0.25, 0.3) is 33.3 Å². The number of aromatic carboxylic acids is 1. The SMILES string of the molecule is Cc1nc2c(C(=O)O)cc(-c3ccc(-c4ccccc4CNCC4CCCCC4)cc3)cc2[nH]1. The van der Waals surface area contributed by atoms with Gasteiger partial charge < -0.3 is 15.4 Å². The third-order valence-electron chi connectivity index (χ3n) is 6.96. The second-order valence-corrected chi connectivity index (χ2v) is 9.42. The van der Waals surface area contributed by atoms with Crippen LogP contribution in [0.4, 0.5) is 0 Å². The van der Waals surface area contributed by atoms with Crippen LogP contribution in [0.1, 0.15) is 53.8 Å². The molecule has 1 saturated carbocycles. The molecule has 0 unspecified atom stereocenters. The van der Waals surface area contributed by atoms with Crippen molar-refractivity contribution in [3.05, 3.63) is 77.6 Å². The van der Waals surface area contributed by atoms with E-state index in [0.29, 0.717) is 11.3 Å². The Bertz CT molecular complexity index is 1300. The van der Waals surface area contributed by atoms with Gasteiger partial charge in [-0.15, -0.1) is 0 Å². The Balaban J connectivity index is 1.37. The van der Waals surface area contributed by atoms with Crippen LogP contribution in [0, 0.1) is 12.8 Å². The van der Waals surface area contributed by atoms with Gasteiger partial charge in [-0.05, 0) is 72.2 Å². The largest absolute Gasteiger partial charge is 0.478 e. The van der Waals surface area contributed by atoms with E-state index in [4.69, 9.17) is 0 Å². The van der Waals surface area contributed by atoms with E-state index in [-0.39, 0.29) is 5.56 Å². The van der Waals surface area contributed by atoms with Crippen molar-refractivity contribution in [2.45, 2.75) is 45.6 Å². The van der Waals surface area contributed by atoms with E-state index in [9.17, 15) is 9.90 Å². The summed E-state index contributed by atoms with van der Waals surface area (Å²) in [6, 6.07) is 20.6. The average molecular weight is 454 g/mol. The van der Waals surface area contributed by atoms with Gasteiger partial charge in [0.1, 0.15) is 11.3 Å². The Morgan fingerprint density at radius 2 is 1.74 bits per heavy atom. The van der Waals surface area contributed by atoms with Crippen molar-refractivity contribution in [2.75, 3.05) is 6.54 Å². The zero-order valence-electron chi connectivity index (χ0n) is 19.6. The molecule has 1 fully saturated rings. The lowest BCUT2D eigenvalue weighted by molar-refractivity contribution is 0.0699. The maximum atomic E-state index is 11.8. The lowest BCUT2D eigenvalue weighted by Gasteiger charge is -2.22. The summed E-state index contributed by atoms with van der Waals surface area (Å²) in [5, 5.41) is 13.4. The van der Waals surface area contributed by atoms with Crippen LogP contribution in [-0.2, 0) is 6.54 Å². The van der Waals surface area contributed by atoms with Gasteiger partial charge in [0.2, 0.25) is 0 Å². The summed E-state index contributed by atoms with van der Waals surface area (Å²) in [6.45, 7) is 3.79. The number of hydrogen-bond donors (Lipinski definition) is 3. The number of nitrogens with zero attached hydrogens (tertiary/aromatic N) is 1. The molecule has 5 nitrogen and oxygen atoms in total. The first-order valence-corrected chi connectivity index (χ1v) is 12.2. The molecule has 0 amide bonds. The van der Waals surface area contributed by atoms with Crippen molar-refractivity contribution in [1.82, 2.24) is 15.3 Å². The normalized spacial score (nSPS) is 14.5. The maximum absolute atomic E-state index is 11.8. The van der Waals surface area contributed by atoms with Gasteiger partial charge >= 0.3 is 5.97 Å². The first-order valence-electron chi connectivity index (χ1n) is 12.2. The van der Waals surface area contributed by atoms with Crippen molar-refractivity contribution in [1.29, 1.82) is 0 Å². The number of aromatic amines is 1. The summed E-state index contributed by atoms with van der Waals surface area (Å²) in [4.78, 5) is 19.3. The van der Waals surface area contributed by atoms with E-state index in [1.165, 1.54) is 43.2 Å². The Labute approximate surface area is 200 Å². The minimum atomic E-state index is -0.968. The predicted octanol–water partition coefficient (Wildman–Crippen LogP) is 6.57. The molecule has 1 aliphatic carbocycles. The molecular weight excluding hydrogens is 422 g/mol. The summed E-state index contributed by atoms with van der Waals surface area (Å²) >= 11 is 0. The number of imidazole rings is 1. The first kappa shape index (κ1) is 22.4. The second-order valence-electron chi connectivity index (χ2n) is 9.42. The molecule has 3 aromatic carbocycles. The van der Waals surface area contributed by atoms with Gasteiger partial charge in [0.05, 0.1) is 11.1 Å². The number of nitrogens with one attached hydrogen (secondary N) is 2. The molecule has 34 heavy (non-hydrogen) atoms. The van der Waals surface area contributed by atoms with E-state index in [0.717, 1.165) is 41.2 Å². The quantitative estimate of drug-likeness (QED) is 0.296. The molecule has 0 atom stereocenters. The number of aromatic nitrogens is 2. The molecule has 0 bridgehead atoms. The molecule has 5 heteroatoms. The van der Waals surface area contributed by atoms with Crippen LogP contribution in [0.15, 0.2) is 60.7 Å². The Morgan fingerprint density at radius 3 is 2.50 bits per heavy atom. The zero-order valence-corrected chi connectivity index (χ0v) is 19.6. The molecule has 1 aromatic heterocycles. The highest BCUT2D eigenvalue weighted by atomic mass is 16.4. The van der Waals surface area contributed by atoms with Crippen molar-refractivity contribution in [3.8, 4) is 22.3 Å². The van der Waals surface area contributed by atoms with E-state index in [1.54, 1.807) is 6.07 Å². The van der Waals surface area contributed by atoms with Gasteiger partial charge in [0, 0.05) is 6.54 Å². The average Bonchev–Trinajstić information content (AvgIpc) is 3.24. The molecule has 1 heterocycles. The number of benzene rings is 3. The zero-order chi connectivity index (χ0) is 23.5.